The average molecular weight is 252 g/mol. The molecule has 1 aromatic heterocycles. The molecule has 0 saturated heterocycles. The SMILES string of the molecule is CC(C)(C)OC(=O)Nc1cc(CC(=O)O)ccn1. The van der Waals surface area contributed by atoms with E-state index in [4.69, 9.17) is 9.84 Å². The number of nitrogens with one attached hydrogen (secondary N) is 1. The van der Waals surface area contributed by atoms with E-state index in [-0.39, 0.29) is 12.2 Å². The molecule has 0 spiro atoms. The van der Waals surface area contributed by atoms with Crippen molar-refractivity contribution in [1.82, 2.24) is 4.98 Å². The molecule has 98 valence electrons. The molecule has 1 heterocycles. The first-order valence-electron chi connectivity index (χ1n) is 5.43. The molecular formula is C12H16N2O4. The van der Waals surface area contributed by atoms with Gasteiger partial charge in [0.1, 0.15) is 11.4 Å². The third kappa shape index (κ3) is 5.29. The van der Waals surface area contributed by atoms with Gasteiger partial charge in [0.15, 0.2) is 0 Å². The van der Waals surface area contributed by atoms with E-state index in [1.54, 1.807) is 26.8 Å². The lowest BCUT2D eigenvalue weighted by Gasteiger charge is -2.19. The van der Waals surface area contributed by atoms with Crippen molar-refractivity contribution in [3.63, 3.8) is 0 Å². The highest BCUT2D eigenvalue weighted by Gasteiger charge is 2.16. The monoisotopic (exact) mass is 252 g/mol. The summed E-state index contributed by atoms with van der Waals surface area (Å²) >= 11 is 0. The highest BCUT2D eigenvalue weighted by Crippen LogP contribution is 2.11. The van der Waals surface area contributed by atoms with E-state index < -0.39 is 17.7 Å². The van der Waals surface area contributed by atoms with Gasteiger partial charge in [-0.1, -0.05) is 0 Å². The van der Waals surface area contributed by atoms with Gasteiger partial charge in [-0.15, -0.1) is 0 Å². The molecule has 1 rings (SSSR count). The zero-order chi connectivity index (χ0) is 13.8. The van der Waals surface area contributed by atoms with E-state index >= 15 is 0 Å². The minimum absolute atomic E-state index is 0.120. The topological polar surface area (TPSA) is 88.5 Å². The van der Waals surface area contributed by atoms with Crippen molar-refractivity contribution in [3.05, 3.63) is 23.9 Å². The fourth-order valence-electron chi connectivity index (χ4n) is 1.24. The summed E-state index contributed by atoms with van der Waals surface area (Å²) < 4.78 is 5.06. The maximum atomic E-state index is 11.5. The van der Waals surface area contributed by atoms with Crippen molar-refractivity contribution in [3.8, 4) is 0 Å². The van der Waals surface area contributed by atoms with Crippen molar-refractivity contribution in [2.45, 2.75) is 32.8 Å². The second-order valence-electron chi connectivity index (χ2n) is 4.75. The largest absolute Gasteiger partial charge is 0.481 e. The Kier molecular flexibility index (Phi) is 4.25. The van der Waals surface area contributed by atoms with Crippen molar-refractivity contribution in [2.75, 3.05) is 5.32 Å². The number of carboxylic acid groups (broad SMARTS) is 1. The average Bonchev–Trinajstić information content (AvgIpc) is 2.13. The van der Waals surface area contributed by atoms with Gasteiger partial charge in [-0.3, -0.25) is 10.1 Å². The van der Waals surface area contributed by atoms with Crippen LogP contribution in [0.2, 0.25) is 0 Å². The van der Waals surface area contributed by atoms with Gasteiger partial charge in [0.25, 0.3) is 0 Å². The number of ether oxygens (including phenoxy) is 1. The molecule has 0 fully saturated rings. The van der Waals surface area contributed by atoms with Crippen LogP contribution in [0.25, 0.3) is 0 Å². The number of anilines is 1. The van der Waals surface area contributed by atoms with Gasteiger partial charge in [0, 0.05) is 6.20 Å². The van der Waals surface area contributed by atoms with Crippen LogP contribution in [0.1, 0.15) is 26.3 Å². The molecule has 2 N–H and O–H groups in total. The zero-order valence-electron chi connectivity index (χ0n) is 10.6. The number of carboxylic acids is 1. The van der Waals surface area contributed by atoms with E-state index in [0.29, 0.717) is 5.56 Å². The highest BCUT2D eigenvalue weighted by atomic mass is 16.6. The smallest absolute Gasteiger partial charge is 0.413 e. The molecule has 1 aromatic rings. The number of carbonyl (C=O) groups is 2. The van der Waals surface area contributed by atoms with E-state index in [2.05, 4.69) is 10.3 Å². The summed E-state index contributed by atoms with van der Waals surface area (Å²) in [6.07, 6.45) is 0.693. The maximum Gasteiger partial charge on any atom is 0.413 e. The normalized spacial score (nSPS) is 10.8. The summed E-state index contributed by atoms with van der Waals surface area (Å²) in [5, 5.41) is 11.1. The minimum atomic E-state index is -0.940. The molecule has 0 unspecified atom stereocenters. The quantitative estimate of drug-likeness (QED) is 0.859. The van der Waals surface area contributed by atoms with E-state index in [9.17, 15) is 9.59 Å². The van der Waals surface area contributed by atoms with Crippen LogP contribution in [-0.2, 0) is 16.0 Å². The van der Waals surface area contributed by atoms with Crippen molar-refractivity contribution >= 4 is 17.9 Å². The molecule has 0 aliphatic heterocycles. The third-order valence-electron chi connectivity index (χ3n) is 1.81. The fourth-order valence-corrected chi connectivity index (χ4v) is 1.24. The number of amides is 1. The Morgan fingerprint density at radius 3 is 2.67 bits per heavy atom. The number of rotatable bonds is 3. The first kappa shape index (κ1) is 14.0. The molecule has 0 aliphatic carbocycles. The minimum Gasteiger partial charge on any atom is -0.481 e. The van der Waals surface area contributed by atoms with Gasteiger partial charge in [-0.2, -0.15) is 0 Å². The van der Waals surface area contributed by atoms with Gasteiger partial charge in [0.05, 0.1) is 6.42 Å². The molecule has 0 bridgehead atoms. The van der Waals surface area contributed by atoms with Crippen molar-refractivity contribution in [2.24, 2.45) is 0 Å². The lowest BCUT2D eigenvalue weighted by atomic mass is 10.2. The van der Waals surface area contributed by atoms with Crippen LogP contribution in [-0.4, -0.2) is 27.8 Å². The predicted octanol–water partition coefficient (Wildman–Crippen LogP) is 2.06. The standard InChI is InChI=1S/C12H16N2O4/c1-12(2,3)18-11(17)14-9-6-8(4-5-13-9)7-10(15)16/h4-6H,7H2,1-3H3,(H,15,16)(H,13,14,17). The number of carbonyl (C=O) groups excluding carboxylic acids is 1. The Bertz CT molecular complexity index is 452. The zero-order valence-corrected chi connectivity index (χ0v) is 10.6. The lowest BCUT2D eigenvalue weighted by Crippen LogP contribution is -2.27. The van der Waals surface area contributed by atoms with Crippen LogP contribution in [0.5, 0.6) is 0 Å². The summed E-state index contributed by atoms with van der Waals surface area (Å²) in [4.78, 5) is 25.9. The van der Waals surface area contributed by atoms with Crippen LogP contribution in [0.4, 0.5) is 10.6 Å². The first-order chi connectivity index (χ1) is 8.26. The van der Waals surface area contributed by atoms with Crippen molar-refractivity contribution < 1.29 is 19.4 Å². The van der Waals surface area contributed by atoms with Crippen LogP contribution in [0.3, 0.4) is 0 Å². The highest BCUT2D eigenvalue weighted by molar-refractivity contribution is 5.83. The molecule has 0 radical (unpaired) electrons. The van der Waals surface area contributed by atoms with E-state index in [0.717, 1.165) is 0 Å². The van der Waals surface area contributed by atoms with Gasteiger partial charge >= 0.3 is 12.1 Å². The Morgan fingerprint density at radius 1 is 1.44 bits per heavy atom. The second kappa shape index (κ2) is 5.48. The van der Waals surface area contributed by atoms with Crippen LogP contribution >= 0.6 is 0 Å². The summed E-state index contributed by atoms with van der Waals surface area (Å²) in [7, 11) is 0. The molecular weight excluding hydrogens is 236 g/mol. The number of hydrogen-bond acceptors (Lipinski definition) is 4. The lowest BCUT2D eigenvalue weighted by molar-refractivity contribution is -0.136. The summed E-state index contributed by atoms with van der Waals surface area (Å²) in [5.41, 5.74) is -0.0356. The van der Waals surface area contributed by atoms with Gasteiger partial charge in [-0.25, -0.2) is 9.78 Å². The number of hydrogen-bond donors (Lipinski definition) is 2. The van der Waals surface area contributed by atoms with Crippen LogP contribution in [0, 0.1) is 0 Å². The number of pyridine rings is 1. The molecule has 0 atom stereocenters. The maximum absolute atomic E-state index is 11.5. The molecule has 0 aliphatic rings. The Morgan fingerprint density at radius 2 is 2.11 bits per heavy atom. The van der Waals surface area contributed by atoms with Crippen molar-refractivity contribution in [1.29, 1.82) is 0 Å². The summed E-state index contributed by atoms with van der Waals surface area (Å²) in [6.45, 7) is 5.25. The number of aromatic nitrogens is 1. The Hall–Kier alpha value is -2.11. The molecule has 6 nitrogen and oxygen atoms in total. The summed E-state index contributed by atoms with van der Waals surface area (Å²) in [5.74, 6) is -0.674. The van der Waals surface area contributed by atoms with Gasteiger partial charge in [-0.05, 0) is 38.5 Å². The van der Waals surface area contributed by atoms with E-state index in [1.807, 2.05) is 0 Å². The van der Waals surface area contributed by atoms with Gasteiger partial charge < -0.3 is 9.84 Å². The van der Waals surface area contributed by atoms with E-state index in [1.165, 1.54) is 12.3 Å². The Balaban J connectivity index is 2.67. The molecule has 0 aromatic carbocycles. The molecule has 18 heavy (non-hydrogen) atoms. The van der Waals surface area contributed by atoms with Gasteiger partial charge in [0.2, 0.25) is 0 Å². The molecule has 6 heteroatoms. The Labute approximate surface area is 105 Å². The number of aliphatic carboxylic acids is 1. The fraction of sp³-hybridized carbons (Fsp3) is 0.417. The predicted molar refractivity (Wildman–Crippen MR) is 65.4 cm³/mol. The number of nitrogens with zero attached hydrogens (tertiary/aromatic N) is 1. The third-order valence-corrected chi connectivity index (χ3v) is 1.81. The van der Waals surface area contributed by atoms with Crippen LogP contribution in [0.15, 0.2) is 18.3 Å². The molecule has 0 saturated carbocycles. The first-order valence-corrected chi connectivity index (χ1v) is 5.43. The molecule has 1 amide bonds. The van der Waals surface area contributed by atoms with Crippen LogP contribution < -0.4 is 5.32 Å². The second-order valence-corrected chi connectivity index (χ2v) is 4.75. The summed E-state index contributed by atoms with van der Waals surface area (Å²) in [6, 6.07) is 3.08.